The first-order chi connectivity index (χ1) is 20.8. The van der Waals surface area contributed by atoms with Crippen LogP contribution in [0.5, 0.6) is 5.75 Å². The largest absolute Gasteiger partial charge is 0.494 e. The number of unbranched alkanes of at least 4 members (excludes halogenated alkanes) is 1. The fourth-order valence-electron chi connectivity index (χ4n) is 5.09. The van der Waals surface area contributed by atoms with E-state index in [0.29, 0.717) is 31.7 Å². The maximum absolute atomic E-state index is 14.0. The summed E-state index contributed by atoms with van der Waals surface area (Å²) in [7, 11) is 4.03. The topological polar surface area (TPSA) is 68.9 Å². The molecule has 0 saturated heterocycles. The van der Waals surface area contributed by atoms with Gasteiger partial charge in [-0.15, -0.1) is 0 Å². The van der Waals surface area contributed by atoms with Crippen LogP contribution in [0.2, 0.25) is 0 Å². The minimum atomic E-state index is -0.144. The maximum atomic E-state index is 14.0. The van der Waals surface area contributed by atoms with E-state index in [1.54, 1.807) is 17.0 Å². The van der Waals surface area contributed by atoms with E-state index in [2.05, 4.69) is 53.2 Å². The van der Waals surface area contributed by atoms with Crippen LogP contribution in [0.15, 0.2) is 79.0 Å². The number of carbonyl (C=O) groups is 2. The summed E-state index contributed by atoms with van der Waals surface area (Å²) in [5.41, 5.74) is 4.98. The van der Waals surface area contributed by atoms with Gasteiger partial charge in [-0.05, 0) is 79.8 Å². The van der Waals surface area contributed by atoms with Crippen molar-refractivity contribution in [1.82, 2.24) is 14.8 Å². The highest BCUT2D eigenvalue weighted by Gasteiger charge is 2.26. The van der Waals surface area contributed by atoms with Gasteiger partial charge in [0.1, 0.15) is 12.3 Å². The van der Waals surface area contributed by atoms with Crippen molar-refractivity contribution in [1.29, 1.82) is 0 Å². The summed E-state index contributed by atoms with van der Waals surface area (Å²) in [4.78, 5) is 36.7. The van der Waals surface area contributed by atoms with Crippen molar-refractivity contribution in [2.75, 3.05) is 38.7 Å². The second-order valence-electron chi connectivity index (χ2n) is 11.4. The molecule has 0 saturated carbocycles. The Morgan fingerprint density at radius 3 is 2.33 bits per heavy atom. The van der Waals surface area contributed by atoms with Gasteiger partial charge in [-0.3, -0.25) is 9.59 Å². The number of aromatic amines is 1. The van der Waals surface area contributed by atoms with E-state index < -0.39 is 0 Å². The molecule has 0 spiro atoms. The van der Waals surface area contributed by atoms with Crippen LogP contribution in [-0.4, -0.2) is 66.4 Å². The van der Waals surface area contributed by atoms with Crippen molar-refractivity contribution < 1.29 is 14.3 Å². The van der Waals surface area contributed by atoms with Crippen molar-refractivity contribution >= 4 is 28.4 Å². The van der Waals surface area contributed by atoms with E-state index in [4.69, 9.17) is 4.74 Å². The molecule has 3 aromatic carbocycles. The molecular weight excluding hydrogens is 536 g/mol. The molecule has 1 atom stereocenters. The third-order valence-corrected chi connectivity index (χ3v) is 8.06. The molecule has 0 aliphatic rings. The second-order valence-corrected chi connectivity index (χ2v) is 11.4. The molecule has 228 valence electrons. The van der Waals surface area contributed by atoms with Crippen LogP contribution in [0.3, 0.4) is 0 Å². The van der Waals surface area contributed by atoms with Gasteiger partial charge >= 0.3 is 0 Å². The minimum Gasteiger partial charge on any atom is -0.494 e. The lowest BCUT2D eigenvalue weighted by molar-refractivity contribution is -0.133. The Hall–Kier alpha value is -4.26. The van der Waals surface area contributed by atoms with E-state index in [1.807, 2.05) is 63.3 Å². The van der Waals surface area contributed by atoms with Crippen LogP contribution in [0.4, 0.5) is 5.69 Å². The number of hydrogen-bond donors (Lipinski definition) is 1. The summed E-state index contributed by atoms with van der Waals surface area (Å²) in [6.45, 7) is 7.87. The van der Waals surface area contributed by atoms with E-state index in [1.165, 1.54) is 10.9 Å². The zero-order valence-corrected chi connectivity index (χ0v) is 26.3. The van der Waals surface area contributed by atoms with E-state index in [9.17, 15) is 9.59 Å². The average Bonchev–Trinajstić information content (AvgIpc) is 3.44. The first-order valence-corrected chi connectivity index (χ1v) is 15.4. The molecule has 0 fully saturated rings. The highest BCUT2D eigenvalue weighted by atomic mass is 16.5. The summed E-state index contributed by atoms with van der Waals surface area (Å²) in [6.07, 6.45) is 5.54. The molecule has 1 heterocycles. The molecule has 2 amide bonds. The number of nitrogens with zero attached hydrogens (tertiary/aromatic N) is 3. The Kier molecular flexibility index (Phi) is 11.3. The Balaban J connectivity index is 1.53. The predicted molar refractivity (Wildman–Crippen MR) is 176 cm³/mol. The lowest BCUT2D eigenvalue weighted by Crippen LogP contribution is -2.46. The number of nitrogens with one attached hydrogen (secondary N) is 1. The predicted octanol–water partition coefficient (Wildman–Crippen LogP) is 6.93. The Morgan fingerprint density at radius 1 is 0.930 bits per heavy atom. The monoisotopic (exact) mass is 582 g/mol. The molecular formula is C36H46N4O3. The first-order valence-electron chi connectivity index (χ1n) is 15.4. The second kappa shape index (κ2) is 15.3. The van der Waals surface area contributed by atoms with E-state index in [-0.39, 0.29) is 24.4 Å². The fourth-order valence-corrected chi connectivity index (χ4v) is 5.09. The van der Waals surface area contributed by atoms with Gasteiger partial charge in [-0.2, -0.15) is 0 Å². The molecule has 7 nitrogen and oxygen atoms in total. The zero-order chi connectivity index (χ0) is 30.8. The maximum Gasteiger partial charge on any atom is 0.254 e. The molecule has 4 aromatic rings. The molecule has 0 radical (unpaired) electrons. The Morgan fingerprint density at radius 2 is 1.65 bits per heavy atom. The van der Waals surface area contributed by atoms with Crippen molar-refractivity contribution in [2.45, 2.75) is 59.0 Å². The molecule has 0 aliphatic carbocycles. The SMILES string of the molecule is CCCCOc1ccc(C(=O)N(CC(=O)N(CCc2c[nH]c3ccccc23)Cc2ccc(N(C)C)cc2)C(C)CC)cc1. The van der Waals surface area contributed by atoms with Crippen molar-refractivity contribution in [3.05, 3.63) is 95.7 Å². The molecule has 4 rings (SSSR count). The van der Waals surface area contributed by atoms with Crippen LogP contribution >= 0.6 is 0 Å². The van der Waals surface area contributed by atoms with Crippen LogP contribution in [0, 0.1) is 0 Å². The van der Waals surface area contributed by atoms with Crippen LogP contribution in [0.1, 0.15) is 61.5 Å². The minimum absolute atomic E-state index is 0.0201. The molecule has 7 heteroatoms. The normalized spacial score (nSPS) is 11.7. The summed E-state index contributed by atoms with van der Waals surface area (Å²) in [5.74, 6) is 0.541. The summed E-state index contributed by atoms with van der Waals surface area (Å²) >= 11 is 0. The number of amides is 2. The third kappa shape index (κ3) is 8.40. The van der Waals surface area contributed by atoms with Crippen molar-refractivity contribution in [2.24, 2.45) is 0 Å². The van der Waals surface area contributed by atoms with Gasteiger partial charge < -0.3 is 24.4 Å². The van der Waals surface area contributed by atoms with Gasteiger partial charge in [0.2, 0.25) is 5.91 Å². The number of carbonyl (C=O) groups excluding carboxylic acids is 2. The average molecular weight is 583 g/mol. The summed E-state index contributed by atoms with van der Waals surface area (Å²) in [6, 6.07) is 23.7. The van der Waals surface area contributed by atoms with Gasteiger partial charge in [0, 0.05) is 61.6 Å². The number of rotatable bonds is 15. The lowest BCUT2D eigenvalue weighted by atomic mass is 10.1. The standard InChI is InChI=1S/C36H46N4O3/c1-6-8-23-43-32-19-15-29(16-20-32)36(42)40(27(3)7-2)26-35(41)39(25-28-13-17-31(18-14-28)38(4)5)22-21-30-24-37-34-12-10-9-11-33(30)34/h9-20,24,27,37H,6-8,21-23,25-26H2,1-5H3. The number of benzene rings is 3. The summed E-state index contributed by atoms with van der Waals surface area (Å²) in [5, 5.41) is 1.17. The number of fused-ring (bicyclic) bond motifs is 1. The number of H-pyrrole nitrogens is 1. The smallest absolute Gasteiger partial charge is 0.254 e. The first kappa shape index (κ1) is 31.7. The van der Waals surface area contributed by atoms with E-state index >= 15 is 0 Å². The molecule has 43 heavy (non-hydrogen) atoms. The number of ether oxygens (including phenoxy) is 1. The molecule has 0 bridgehead atoms. The number of hydrogen-bond acceptors (Lipinski definition) is 4. The van der Waals surface area contributed by atoms with Gasteiger partial charge in [0.05, 0.1) is 6.61 Å². The third-order valence-electron chi connectivity index (χ3n) is 8.06. The van der Waals surface area contributed by atoms with Crippen LogP contribution in [0.25, 0.3) is 10.9 Å². The molecule has 0 aliphatic heterocycles. The quantitative estimate of drug-likeness (QED) is 0.154. The van der Waals surface area contributed by atoms with Crippen molar-refractivity contribution in [3.63, 3.8) is 0 Å². The zero-order valence-electron chi connectivity index (χ0n) is 26.3. The Labute approximate surface area is 256 Å². The Bertz CT molecular complexity index is 1460. The van der Waals surface area contributed by atoms with Crippen LogP contribution in [-0.2, 0) is 17.8 Å². The molecule has 1 N–H and O–H groups in total. The van der Waals surface area contributed by atoms with Gasteiger partial charge in [-0.25, -0.2) is 0 Å². The van der Waals surface area contributed by atoms with Gasteiger partial charge in [0.25, 0.3) is 5.91 Å². The number of para-hydroxylation sites is 1. The van der Waals surface area contributed by atoms with Crippen molar-refractivity contribution in [3.8, 4) is 5.75 Å². The van der Waals surface area contributed by atoms with E-state index in [0.717, 1.165) is 41.8 Å². The fraction of sp³-hybridized carbons (Fsp3) is 0.389. The highest BCUT2D eigenvalue weighted by molar-refractivity contribution is 5.97. The number of aromatic nitrogens is 1. The van der Waals surface area contributed by atoms with Gasteiger partial charge in [0.15, 0.2) is 0 Å². The number of anilines is 1. The van der Waals surface area contributed by atoms with Gasteiger partial charge in [-0.1, -0.05) is 50.6 Å². The molecule has 1 unspecified atom stereocenters. The summed E-state index contributed by atoms with van der Waals surface area (Å²) < 4.78 is 5.78. The van der Waals surface area contributed by atoms with Crippen LogP contribution < -0.4 is 9.64 Å². The molecule has 1 aromatic heterocycles. The highest BCUT2D eigenvalue weighted by Crippen LogP contribution is 2.21. The lowest BCUT2D eigenvalue weighted by Gasteiger charge is -2.31.